The van der Waals surface area contributed by atoms with Crippen LogP contribution in [0.4, 0.5) is 4.79 Å². The maximum atomic E-state index is 12.1. The zero-order valence-electron chi connectivity index (χ0n) is 15.3. The molecule has 7 heteroatoms. The fourth-order valence-electron chi connectivity index (χ4n) is 2.69. The first-order valence-electron chi connectivity index (χ1n) is 8.50. The van der Waals surface area contributed by atoms with Gasteiger partial charge in [0.2, 0.25) is 0 Å². The number of rotatable bonds is 5. The normalized spacial score (nSPS) is 16.0. The minimum atomic E-state index is -0.925. The lowest BCUT2D eigenvalue weighted by molar-refractivity contribution is -0.165. The fraction of sp³-hybridized carbons (Fsp3) is 0.824. The van der Waals surface area contributed by atoms with E-state index in [1.165, 1.54) is 0 Å². The predicted octanol–water partition coefficient (Wildman–Crippen LogP) is 2.38. The van der Waals surface area contributed by atoms with Crippen molar-refractivity contribution in [3.63, 3.8) is 0 Å². The first kappa shape index (κ1) is 20.3. The summed E-state index contributed by atoms with van der Waals surface area (Å²) in [5.41, 5.74) is -0.549. The van der Waals surface area contributed by atoms with Crippen LogP contribution in [-0.2, 0) is 23.8 Å². The Morgan fingerprint density at radius 2 is 1.46 bits per heavy atom. The molecule has 0 spiro atoms. The number of esters is 2. The van der Waals surface area contributed by atoms with Crippen molar-refractivity contribution < 1.29 is 28.6 Å². The third kappa shape index (κ3) is 6.02. The SMILES string of the molecule is CCOC(=O)C(C(=O)OCC)C1CCN(C(=O)OC(C)(C)C)CC1. The van der Waals surface area contributed by atoms with E-state index in [9.17, 15) is 14.4 Å². The van der Waals surface area contributed by atoms with Crippen molar-refractivity contribution in [1.82, 2.24) is 4.90 Å². The number of likely N-dealkylation sites (tertiary alicyclic amines) is 1. The maximum Gasteiger partial charge on any atom is 0.410 e. The Morgan fingerprint density at radius 1 is 1.00 bits per heavy atom. The van der Waals surface area contributed by atoms with Crippen molar-refractivity contribution in [2.24, 2.45) is 11.8 Å². The lowest BCUT2D eigenvalue weighted by Crippen LogP contribution is -2.45. The number of nitrogens with zero attached hydrogens (tertiary/aromatic N) is 1. The van der Waals surface area contributed by atoms with Gasteiger partial charge in [-0.2, -0.15) is 0 Å². The summed E-state index contributed by atoms with van der Waals surface area (Å²) in [4.78, 5) is 38.0. The highest BCUT2D eigenvalue weighted by molar-refractivity contribution is 5.95. The highest BCUT2D eigenvalue weighted by atomic mass is 16.6. The summed E-state index contributed by atoms with van der Waals surface area (Å²) in [6.45, 7) is 10.1. The van der Waals surface area contributed by atoms with Crippen molar-refractivity contribution in [2.45, 2.75) is 53.1 Å². The second-order valence-electron chi connectivity index (χ2n) is 6.79. The van der Waals surface area contributed by atoms with Gasteiger partial charge in [-0.15, -0.1) is 0 Å². The molecule has 1 heterocycles. The first-order chi connectivity index (χ1) is 11.2. The molecule has 0 unspecified atom stereocenters. The third-order valence-corrected chi connectivity index (χ3v) is 3.74. The fourth-order valence-corrected chi connectivity index (χ4v) is 2.69. The summed E-state index contributed by atoms with van der Waals surface area (Å²) in [7, 11) is 0. The van der Waals surface area contributed by atoms with Crippen molar-refractivity contribution >= 4 is 18.0 Å². The van der Waals surface area contributed by atoms with E-state index in [0.29, 0.717) is 25.9 Å². The van der Waals surface area contributed by atoms with E-state index in [0.717, 1.165) is 0 Å². The summed E-state index contributed by atoms with van der Waals surface area (Å²) in [6, 6.07) is 0. The van der Waals surface area contributed by atoms with Crippen LogP contribution in [0.25, 0.3) is 0 Å². The Labute approximate surface area is 143 Å². The van der Waals surface area contributed by atoms with E-state index in [1.54, 1.807) is 18.7 Å². The molecule has 1 rings (SSSR count). The number of hydrogen-bond donors (Lipinski definition) is 0. The molecule has 0 saturated carbocycles. The average molecular weight is 343 g/mol. The molecule has 1 amide bonds. The van der Waals surface area contributed by atoms with E-state index >= 15 is 0 Å². The third-order valence-electron chi connectivity index (χ3n) is 3.74. The molecule has 0 aromatic carbocycles. The number of piperidine rings is 1. The highest BCUT2D eigenvalue weighted by Gasteiger charge is 2.40. The molecule has 1 fully saturated rings. The summed E-state index contributed by atoms with van der Waals surface area (Å²) >= 11 is 0. The van der Waals surface area contributed by atoms with Crippen molar-refractivity contribution in [1.29, 1.82) is 0 Å². The topological polar surface area (TPSA) is 82.1 Å². The van der Waals surface area contributed by atoms with E-state index in [-0.39, 0.29) is 25.2 Å². The van der Waals surface area contributed by atoms with Crippen LogP contribution in [0.3, 0.4) is 0 Å². The van der Waals surface area contributed by atoms with Gasteiger partial charge >= 0.3 is 18.0 Å². The standard InChI is InChI=1S/C17H29NO6/c1-6-22-14(19)13(15(20)23-7-2)12-8-10-18(11-9-12)16(21)24-17(3,4)5/h12-13H,6-11H2,1-5H3. The monoisotopic (exact) mass is 343 g/mol. The Bertz CT molecular complexity index is 430. The van der Waals surface area contributed by atoms with E-state index in [4.69, 9.17) is 14.2 Å². The van der Waals surface area contributed by atoms with Crippen molar-refractivity contribution in [2.75, 3.05) is 26.3 Å². The van der Waals surface area contributed by atoms with Gasteiger partial charge in [-0.1, -0.05) is 0 Å². The largest absolute Gasteiger partial charge is 0.465 e. The van der Waals surface area contributed by atoms with E-state index < -0.39 is 23.5 Å². The molecule has 0 N–H and O–H groups in total. The summed E-state index contributed by atoms with van der Waals surface area (Å²) < 4.78 is 15.4. The maximum absolute atomic E-state index is 12.1. The Kier molecular flexibility index (Phi) is 7.51. The van der Waals surface area contributed by atoms with Gasteiger partial charge < -0.3 is 19.1 Å². The molecule has 0 atom stereocenters. The summed E-state index contributed by atoms with van der Waals surface area (Å²) in [5.74, 6) is -2.22. The molecular formula is C17H29NO6. The average Bonchev–Trinajstić information content (AvgIpc) is 2.47. The van der Waals surface area contributed by atoms with Crippen molar-refractivity contribution in [3.05, 3.63) is 0 Å². The first-order valence-corrected chi connectivity index (χ1v) is 8.50. The van der Waals surface area contributed by atoms with E-state index in [1.807, 2.05) is 20.8 Å². The summed E-state index contributed by atoms with van der Waals surface area (Å²) in [5, 5.41) is 0. The summed E-state index contributed by atoms with van der Waals surface area (Å²) in [6.07, 6.45) is 0.688. The zero-order valence-corrected chi connectivity index (χ0v) is 15.3. The van der Waals surface area contributed by atoms with Gasteiger partial charge in [-0.3, -0.25) is 9.59 Å². The van der Waals surface area contributed by atoms with Crippen LogP contribution >= 0.6 is 0 Å². The van der Waals surface area contributed by atoms with Crippen LogP contribution in [0.2, 0.25) is 0 Å². The molecular weight excluding hydrogens is 314 g/mol. The van der Waals surface area contributed by atoms with Gasteiger partial charge in [0.05, 0.1) is 13.2 Å². The lowest BCUT2D eigenvalue weighted by Gasteiger charge is -2.35. The van der Waals surface area contributed by atoms with Crippen LogP contribution in [0, 0.1) is 11.8 Å². The zero-order chi connectivity index (χ0) is 18.3. The Morgan fingerprint density at radius 3 is 1.83 bits per heavy atom. The molecule has 0 aromatic heterocycles. The predicted molar refractivity (Wildman–Crippen MR) is 87.3 cm³/mol. The lowest BCUT2D eigenvalue weighted by atomic mass is 9.84. The molecule has 1 aliphatic heterocycles. The molecule has 1 saturated heterocycles. The number of carbonyl (C=O) groups is 3. The number of hydrogen-bond acceptors (Lipinski definition) is 6. The van der Waals surface area contributed by atoms with Gasteiger partial charge in [-0.05, 0) is 53.4 Å². The molecule has 0 bridgehead atoms. The second kappa shape index (κ2) is 8.89. The van der Waals surface area contributed by atoms with Crippen LogP contribution in [0.1, 0.15) is 47.5 Å². The van der Waals surface area contributed by atoms with Crippen LogP contribution in [0.15, 0.2) is 0 Å². The van der Waals surface area contributed by atoms with Gasteiger partial charge in [-0.25, -0.2) is 4.79 Å². The van der Waals surface area contributed by atoms with Crippen LogP contribution in [-0.4, -0.2) is 54.8 Å². The number of amides is 1. The van der Waals surface area contributed by atoms with Gasteiger partial charge in [0.25, 0.3) is 0 Å². The molecule has 1 aliphatic rings. The van der Waals surface area contributed by atoms with Crippen LogP contribution < -0.4 is 0 Å². The second-order valence-corrected chi connectivity index (χ2v) is 6.79. The molecule has 24 heavy (non-hydrogen) atoms. The highest BCUT2D eigenvalue weighted by Crippen LogP contribution is 2.28. The minimum absolute atomic E-state index is 0.193. The number of carbonyl (C=O) groups excluding carboxylic acids is 3. The minimum Gasteiger partial charge on any atom is -0.465 e. The van der Waals surface area contributed by atoms with E-state index in [2.05, 4.69) is 0 Å². The molecule has 7 nitrogen and oxygen atoms in total. The Hall–Kier alpha value is -1.79. The Balaban J connectivity index is 2.69. The molecule has 0 aliphatic carbocycles. The van der Waals surface area contributed by atoms with Crippen molar-refractivity contribution in [3.8, 4) is 0 Å². The molecule has 138 valence electrons. The van der Waals surface area contributed by atoms with Gasteiger partial charge in [0.1, 0.15) is 5.60 Å². The van der Waals surface area contributed by atoms with Crippen LogP contribution in [0.5, 0.6) is 0 Å². The van der Waals surface area contributed by atoms with Gasteiger partial charge in [0.15, 0.2) is 5.92 Å². The van der Waals surface area contributed by atoms with Gasteiger partial charge in [0, 0.05) is 13.1 Å². The molecule has 0 aromatic rings. The smallest absolute Gasteiger partial charge is 0.410 e. The number of ether oxygens (including phenoxy) is 3. The molecule has 0 radical (unpaired) electrons. The quantitative estimate of drug-likeness (QED) is 0.433.